The number of carbonyl (C=O) groups excluding carboxylic acids is 1. The monoisotopic (exact) mass is 278 g/mol. The van der Waals surface area contributed by atoms with Gasteiger partial charge in [0.1, 0.15) is 0 Å². The van der Waals surface area contributed by atoms with E-state index in [0.717, 1.165) is 25.9 Å². The Balaban J connectivity index is 0.00000144. The molecule has 2 rings (SSSR count). The van der Waals surface area contributed by atoms with E-state index in [4.69, 9.17) is 0 Å². The summed E-state index contributed by atoms with van der Waals surface area (Å²) in [4.78, 5) is 14.5. The van der Waals surface area contributed by atoms with E-state index < -0.39 is 0 Å². The normalized spacial score (nSPS) is 25.7. The average Bonchev–Trinajstić information content (AvgIpc) is 2.78. The fourth-order valence-electron chi connectivity index (χ4n) is 2.75. The molecule has 0 bridgehead atoms. The van der Waals surface area contributed by atoms with Gasteiger partial charge in [-0.2, -0.15) is 11.8 Å². The van der Waals surface area contributed by atoms with Gasteiger partial charge < -0.3 is 10.2 Å². The Labute approximate surface area is 114 Å². The molecule has 2 aliphatic rings. The van der Waals surface area contributed by atoms with Gasteiger partial charge in [-0.15, -0.1) is 12.4 Å². The molecule has 17 heavy (non-hydrogen) atoms. The van der Waals surface area contributed by atoms with Crippen LogP contribution in [0.15, 0.2) is 0 Å². The van der Waals surface area contributed by atoms with E-state index in [2.05, 4.69) is 10.2 Å². The zero-order valence-corrected chi connectivity index (χ0v) is 12.1. The highest BCUT2D eigenvalue weighted by atomic mass is 35.5. The fourth-order valence-corrected chi connectivity index (χ4v) is 3.86. The number of amides is 1. The van der Waals surface area contributed by atoms with Gasteiger partial charge >= 0.3 is 0 Å². The summed E-state index contributed by atoms with van der Waals surface area (Å²) in [6.45, 7) is 1.93. The zero-order valence-electron chi connectivity index (χ0n) is 10.5. The summed E-state index contributed by atoms with van der Waals surface area (Å²) in [7, 11) is 1.97. The van der Waals surface area contributed by atoms with Crippen LogP contribution in [0.5, 0.6) is 0 Å². The van der Waals surface area contributed by atoms with Crippen molar-refractivity contribution in [3.05, 3.63) is 0 Å². The number of rotatable bonds is 3. The Morgan fingerprint density at radius 2 is 2.06 bits per heavy atom. The molecule has 5 heteroatoms. The quantitative estimate of drug-likeness (QED) is 0.854. The topological polar surface area (TPSA) is 32.3 Å². The Bertz CT molecular complexity index is 247. The average molecular weight is 279 g/mol. The third kappa shape index (κ3) is 3.76. The lowest BCUT2D eigenvalue weighted by atomic mass is 10.0. The third-order valence-electron chi connectivity index (χ3n) is 3.67. The number of thioether (sulfide) groups is 1. The van der Waals surface area contributed by atoms with Gasteiger partial charge in [0.15, 0.2) is 0 Å². The molecule has 0 aromatic rings. The number of nitrogens with zero attached hydrogens (tertiary/aromatic N) is 1. The van der Waals surface area contributed by atoms with Crippen molar-refractivity contribution in [3.8, 4) is 0 Å². The van der Waals surface area contributed by atoms with Gasteiger partial charge in [0.2, 0.25) is 5.91 Å². The van der Waals surface area contributed by atoms with Crippen molar-refractivity contribution in [2.75, 3.05) is 31.6 Å². The van der Waals surface area contributed by atoms with Crippen molar-refractivity contribution in [2.24, 2.45) is 5.92 Å². The number of halogens is 1. The van der Waals surface area contributed by atoms with Crippen LogP contribution < -0.4 is 5.32 Å². The van der Waals surface area contributed by atoms with Crippen LogP contribution in [0.25, 0.3) is 0 Å². The number of hydrogen-bond acceptors (Lipinski definition) is 3. The Kier molecular flexibility index (Phi) is 6.67. The highest BCUT2D eigenvalue weighted by molar-refractivity contribution is 7.99. The van der Waals surface area contributed by atoms with E-state index in [1.54, 1.807) is 0 Å². The van der Waals surface area contributed by atoms with Gasteiger partial charge in [-0.05, 0) is 44.2 Å². The SMILES string of the molecule is CNCC1CCCN1C(=O)C1CCSCC1.Cl. The molecule has 1 amide bonds. The Morgan fingerprint density at radius 3 is 2.71 bits per heavy atom. The van der Waals surface area contributed by atoms with Crippen LogP contribution in [0, 0.1) is 5.92 Å². The molecule has 1 atom stereocenters. The smallest absolute Gasteiger partial charge is 0.226 e. The summed E-state index contributed by atoms with van der Waals surface area (Å²) in [5.74, 6) is 3.08. The second-order valence-corrected chi connectivity index (χ2v) is 6.00. The second-order valence-electron chi connectivity index (χ2n) is 4.77. The summed E-state index contributed by atoms with van der Waals surface area (Å²) in [5, 5.41) is 3.20. The van der Waals surface area contributed by atoms with Gasteiger partial charge in [0.05, 0.1) is 0 Å². The van der Waals surface area contributed by atoms with E-state index in [1.807, 2.05) is 18.8 Å². The largest absolute Gasteiger partial charge is 0.338 e. The number of hydrogen-bond donors (Lipinski definition) is 1. The van der Waals surface area contributed by atoms with Gasteiger partial charge in [0.25, 0.3) is 0 Å². The van der Waals surface area contributed by atoms with Crippen molar-refractivity contribution in [2.45, 2.75) is 31.7 Å². The van der Waals surface area contributed by atoms with Gasteiger partial charge in [0, 0.05) is 25.0 Å². The first kappa shape index (κ1) is 15.1. The number of nitrogens with one attached hydrogen (secondary N) is 1. The first-order valence-corrected chi connectivity index (χ1v) is 7.51. The maximum Gasteiger partial charge on any atom is 0.226 e. The van der Waals surface area contributed by atoms with Gasteiger partial charge in [-0.3, -0.25) is 4.79 Å². The molecule has 0 radical (unpaired) electrons. The van der Waals surface area contributed by atoms with E-state index in [9.17, 15) is 4.79 Å². The fraction of sp³-hybridized carbons (Fsp3) is 0.917. The van der Waals surface area contributed by atoms with Crippen LogP contribution in [-0.4, -0.2) is 48.5 Å². The summed E-state index contributed by atoms with van der Waals surface area (Å²) < 4.78 is 0. The molecule has 1 unspecified atom stereocenters. The minimum absolute atomic E-state index is 0. The lowest BCUT2D eigenvalue weighted by molar-refractivity contribution is -0.136. The molecular formula is C12H23ClN2OS. The molecular weight excluding hydrogens is 256 g/mol. The summed E-state index contributed by atoms with van der Waals surface area (Å²) in [5.41, 5.74) is 0. The summed E-state index contributed by atoms with van der Waals surface area (Å²) in [6, 6.07) is 0.451. The minimum atomic E-state index is 0. The van der Waals surface area contributed by atoms with Crippen LogP contribution in [-0.2, 0) is 4.79 Å². The number of likely N-dealkylation sites (N-methyl/N-ethyl adjacent to an activating group) is 1. The minimum Gasteiger partial charge on any atom is -0.338 e. The van der Waals surface area contributed by atoms with Crippen molar-refractivity contribution >= 4 is 30.1 Å². The van der Waals surface area contributed by atoms with Gasteiger partial charge in [-0.1, -0.05) is 0 Å². The van der Waals surface area contributed by atoms with E-state index in [0.29, 0.717) is 17.9 Å². The molecule has 0 aromatic heterocycles. The lowest BCUT2D eigenvalue weighted by Crippen LogP contribution is -2.44. The third-order valence-corrected chi connectivity index (χ3v) is 4.72. The predicted molar refractivity (Wildman–Crippen MR) is 76.0 cm³/mol. The molecule has 3 nitrogen and oxygen atoms in total. The van der Waals surface area contributed by atoms with Crippen molar-refractivity contribution < 1.29 is 4.79 Å². The second kappa shape index (κ2) is 7.49. The van der Waals surface area contributed by atoms with Crippen LogP contribution in [0.3, 0.4) is 0 Å². The molecule has 100 valence electrons. The van der Waals surface area contributed by atoms with Gasteiger partial charge in [-0.25, -0.2) is 0 Å². The molecule has 0 aromatic carbocycles. The van der Waals surface area contributed by atoms with Crippen molar-refractivity contribution in [1.82, 2.24) is 10.2 Å². The molecule has 2 saturated heterocycles. The molecule has 0 spiro atoms. The van der Waals surface area contributed by atoms with Crippen LogP contribution in [0.4, 0.5) is 0 Å². The maximum atomic E-state index is 12.4. The Morgan fingerprint density at radius 1 is 1.35 bits per heavy atom. The van der Waals surface area contributed by atoms with Crippen LogP contribution in [0.2, 0.25) is 0 Å². The number of carbonyl (C=O) groups is 1. The molecule has 1 N–H and O–H groups in total. The molecule has 2 fully saturated rings. The standard InChI is InChI=1S/C12H22N2OS.ClH/c1-13-9-11-3-2-6-14(11)12(15)10-4-7-16-8-5-10;/h10-11,13H,2-9H2,1H3;1H. The van der Waals surface area contributed by atoms with Crippen molar-refractivity contribution in [1.29, 1.82) is 0 Å². The summed E-state index contributed by atoms with van der Waals surface area (Å²) in [6.07, 6.45) is 4.53. The van der Waals surface area contributed by atoms with E-state index in [-0.39, 0.29) is 12.4 Å². The first-order chi connectivity index (χ1) is 7.83. The van der Waals surface area contributed by atoms with E-state index >= 15 is 0 Å². The zero-order chi connectivity index (χ0) is 11.4. The lowest BCUT2D eigenvalue weighted by Gasteiger charge is -2.30. The maximum absolute atomic E-state index is 12.4. The van der Waals surface area contributed by atoms with E-state index in [1.165, 1.54) is 24.3 Å². The molecule has 0 saturated carbocycles. The first-order valence-electron chi connectivity index (χ1n) is 6.35. The molecule has 0 aliphatic carbocycles. The Hall–Kier alpha value is 0.0700. The van der Waals surface area contributed by atoms with Crippen LogP contribution in [0.1, 0.15) is 25.7 Å². The van der Waals surface area contributed by atoms with Crippen LogP contribution >= 0.6 is 24.2 Å². The highest BCUT2D eigenvalue weighted by Gasteiger charge is 2.33. The highest BCUT2D eigenvalue weighted by Crippen LogP contribution is 2.27. The summed E-state index contributed by atoms with van der Waals surface area (Å²) >= 11 is 1.99. The molecule has 2 heterocycles. The molecule has 2 aliphatic heterocycles. The predicted octanol–water partition coefficient (Wildman–Crippen LogP) is 1.76. The number of likely N-dealkylation sites (tertiary alicyclic amines) is 1. The van der Waals surface area contributed by atoms with Crippen molar-refractivity contribution in [3.63, 3.8) is 0 Å².